The zero-order chi connectivity index (χ0) is 18.6. The molecule has 1 aliphatic heterocycles. The Morgan fingerprint density at radius 1 is 1.31 bits per heavy atom. The molecule has 0 spiro atoms. The molecule has 1 aromatic heterocycles. The second-order valence-electron chi connectivity index (χ2n) is 5.85. The van der Waals surface area contributed by atoms with Gasteiger partial charge in [-0.1, -0.05) is 30.3 Å². The minimum atomic E-state index is -4.01. The molecule has 1 amide bonds. The van der Waals surface area contributed by atoms with Crippen LogP contribution in [-0.4, -0.2) is 60.1 Å². The SMILES string of the molecule is O=C1CN(S(=O)(=O)N[C@@H](Cc2ccccc2)C(=O)c2ncc[nH]2)CCN1. The van der Waals surface area contributed by atoms with E-state index in [1.165, 1.54) is 12.4 Å². The first-order chi connectivity index (χ1) is 12.5. The number of H-pyrrole nitrogens is 1. The van der Waals surface area contributed by atoms with E-state index in [4.69, 9.17) is 0 Å². The summed E-state index contributed by atoms with van der Waals surface area (Å²) in [5.41, 5.74) is 0.802. The van der Waals surface area contributed by atoms with Crippen LogP contribution in [0, 0.1) is 0 Å². The standard InChI is InChI=1S/C16H19N5O4S/c22-14-11-21(9-8-17-14)26(24,25)20-13(10-12-4-2-1-3-5-12)15(23)16-18-6-7-19-16/h1-7,13,20H,8-11H2,(H,17,22)(H,18,19)/t13-/m0/s1. The number of aromatic nitrogens is 2. The minimum Gasteiger partial charge on any atom is -0.354 e. The third kappa shape index (κ3) is 4.34. The first-order valence-electron chi connectivity index (χ1n) is 8.07. The van der Waals surface area contributed by atoms with Gasteiger partial charge in [0.1, 0.15) is 0 Å². The summed E-state index contributed by atoms with van der Waals surface area (Å²) < 4.78 is 28.8. The van der Waals surface area contributed by atoms with Crippen molar-refractivity contribution in [1.82, 2.24) is 24.3 Å². The van der Waals surface area contributed by atoms with Crippen LogP contribution in [0.2, 0.25) is 0 Å². The molecule has 26 heavy (non-hydrogen) atoms. The second kappa shape index (κ2) is 7.77. The highest BCUT2D eigenvalue weighted by molar-refractivity contribution is 7.87. The van der Waals surface area contributed by atoms with Crippen LogP contribution in [0.4, 0.5) is 0 Å². The fourth-order valence-corrected chi connectivity index (χ4v) is 4.00. The van der Waals surface area contributed by atoms with Crippen LogP contribution in [0.5, 0.6) is 0 Å². The van der Waals surface area contributed by atoms with Crippen molar-refractivity contribution in [3.63, 3.8) is 0 Å². The summed E-state index contributed by atoms with van der Waals surface area (Å²) in [4.78, 5) is 30.8. The molecule has 2 heterocycles. The van der Waals surface area contributed by atoms with E-state index in [2.05, 4.69) is 20.0 Å². The van der Waals surface area contributed by atoms with E-state index in [1.807, 2.05) is 30.3 Å². The van der Waals surface area contributed by atoms with E-state index in [1.54, 1.807) is 0 Å². The monoisotopic (exact) mass is 377 g/mol. The van der Waals surface area contributed by atoms with Crippen LogP contribution in [-0.2, 0) is 21.4 Å². The summed E-state index contributed by atoms with van der Waals surface area (Å²) in [7, 11) is -4.01. The van der Waals surface area contributed by atoms with Gasteiger partial charge in [-0.25, -0.2) is 4.98 Å². The summed E-state index contributed by atoms with van der Waals surface area (Å²) in [6.45, 7) is 0.103. The fourth-order valence-electron chi connectivity index (χ4n) is 2.68. The van der Waals surface area contributed by atoms with Gasteiger partial charge in [0.05, 0.1) is 12.6 Å². The van der Waals surface area contributed by atoms with Crippen LogP contribution in [0.15, 0.2) is 42.7 Å². The van der Waals surface area contributed by atoms with Crippen molar-refractivity contribution >= 4 is 21.9 Å². The van der Waals surface area contributed by atoms with Crippen LogP contribution < -0.4 is 10.0 Å². The second-order valence-corrected chi connectivity index (χ2v) is 7.55. The van der Waals surface area contributed by atoms with Gasteiger partial charge in [0, 0.05) is 25.5 Å². The largest absolute Gasteiger partial charge is 0.354 e. The average molecular weight is 377 g/mol. The summed E-state index contributed by atoms with van der Waals surface area (Å²) in [6, 6.07) is 8.04. The molecule has 3 rings (SSSR count). The molecule has 0 aliphatic carbocycles. The number of imidazole rings is 1. The normalized spacial score (nSPS) is 16.8. The molecule has 1 aromatic carbocycles. The van der Waals surface area contributed by atoms with E-state index in [0.717, 1.165) is 9.87 Å². The Kier molecular flexibility index (Phi) is 5.45. The Morgan fingerprint density at radius 2 is 2.08 bits per heavy atom. The molecular formula is C16H19N5O4S. The van der Waals surface area contributed by atoms with Gasteiger partial charge in [0.25, 0.3) is 10.2 Å². The number of hydrogen-bond acceptors (Lipinski definition) is 5. The predicted molar refractivity (Wildman–Crippen MR) is 93.5 cm³/mol. The molecule has 138 valence electrons. The number of piperazine rings is 1. The highest BCUT2D eigenvalue weighted by Gasteiger charge is 2.33. The molecule has 1 saturated heterocycles. The number of nitrogens with one attached hydrogen (secondary N) is 3. The molecule has 0 saturated carbocycles. The number of aromatic amines is 1. The molecule has 1 aliphatic rings. The van der Waals surface area contributed by atoms with Crippen molar-refractivity contribution in [3.8, 4) is 0 Å². The highest BCUT2D eigenvalue weighted by atomic mass is 32.2. The molecular weight excluding hydrogens is 358 g/mol. The Bertz CT molecular complexity index is 867. The number of nitrogens with zero attached hydrogens (tertiary/aromatic N) is 2. The zero-order valence-electron chi connectivity index (χ0n) is 13.9. The fraction of sp³-hybridized carbons (Fsp3) is 0.312. The quantitative estimate of drug-likeness (QED) is 0.560. The minimum absolute atomic E-state index is 0.0741. The van der Waals surface area contributed by atoms with Gasteiger partial charge < -0.3 is 10.3 Å². The van der Waals surface area contributed by atoms with Crippen molar-refractivity contribution < 1.29 is 18.0 Å². The zero-order valence-corrected chi connectivity index (χ0v) is 14.7. The highest BCUT2D eigenvalue weighted by Crippen LogP contribution is 2.10. The number of carbonyl (C=O) groups is 2. The smallest absolute Gasteiger partial charge is 0.280 e. The number of carbonyl (C=O) groups excluding carboxylic acids is 2. The Balaban J connectivity index is 1.82. The Labute approximate surface area is 151 Å². The van der Waals surface area contributed by atoms with Crippen LogP contribution in [0.1, 0.15) is 16.2 Å². The molecule has 10 heteroatoms. The van der Waals surface area contributed by atoms with Crippen molar-refractivity contribution in [3.05, 3.63) is 54.1 Å². The molecule has 3 N–H and O–H groups in total. The predicted octanol–water partition coefficient (Wildman–Crippen LogP) is -0.530. The molecule has 0 radical (unpaired) electrons. The lowest BCUT2D eigenvalue weighted by Crippen LogP contribution is -2.56. The number of amides is 1. The first-order valence-corrected chi connectivity index (χ1v) is 9.51. The lowest BCUT2D eigenvalue weighted by Gasteiger charge is -2.28. The number of benzene rings is 1. The van der Waals surface area contributed by atoms with Crippen molar-refractivity contribution in [2.75, 3.05) is 19.6 Å². The lowest BCUT2D eigenvalue weighted by atomic mass is 10.0. The van der Waals surface area contributed by atoms with Crippen molar-refractivity contribution in [1.29, 1.82) is 0 Å². The number of rotatable bonds is 7. The van der Waals surface area contributed by atoms with Crippen LogP contribution in [0.3, 0.4) is 0 Å². The maximum atomic E-state index is 12.7. The average Bonchev–Trinajstić information content (AvgIpc) is 3.16. The first kappa shape index (κ1) is 18.2. The van der Waals surface area contributed by atoms with Gasteiger partial charge in [-0.2, -0.15) is 17.4 Å². The molecule has 1 fully saturated rings. The van der Waals surface area contributed by atoms with Gasteiger partial charge in [-0.05, 0) is 12.0 Å². The van der Waals surface area contributed by atoms with Crippen molar-refractivity contribution in [2.24, 2.45) is 0 Å². The maximum absolute atomic E-state index is 12.7. The van der Waals surface area contributed by atoms with Crippen molar-refractivity contribution in [2.45, 2.75) is 12.5 Å². The maximum Gasteiger partial charge on any atom is 0.280 e. The van der Waals surface area contributed by atoms with E-state index < -0.39 is 22.0 Å². The summed E-state index contributed by atoms with van der Waals surface area (Å²) in [5.74, 6) is -0.771. The lowest BCUT2D eigenvalue weighted by molar-refractivity contribution is -0.122. The molecule has 0 unspecified atom stereocenters. The van der Waals surface area contributed by atoms with Gasteiger partial charge in [-0.15, -0.1) is 0 Å². The van der Waals surface area contributed by atoms with Gasteiger partial charge in [0.2, 0.25) is 11.7 Å². The summed E-state index contributed by atoms with van der Waals surface area (Å²) >= 11 is 0. The summed E-state index contributed by atoms with van der Waals surface area (Å²) in [6.07, 6.45) is 3.09. The van der Waals surface area contributed by atoms with E-state index in [-0.39, 0.29) is 37.8 Å². The van der Waals surface area contributed by atoms with Gasteiger partial charge in [-0.3, -0.25) is 9.59 Å². The third-order valence-electron chi connectivity index (χ3n) is 3.97. The topological polar surface area (TPSA) is 124 Å². The third-order valence-corrected chi connectivity index (χ3v) is 5.54. The van der Waals surface area contributed by atoms with Gasteiger partial charge in [0.15, 0.2) is 5.82 Å². The number of hydrogen-bond donors (Lipinski definition) is 3. The van der Waals surface area contributed by atoms with Gasteiger partial charge >= 0.3 is 0 Å². The van der Waals surface area contributed by atoms with E-state index in [9.17, 15) is 18.0 Å². The van der Waals surface area contributed by atoms with Crippen LogP contribution in [0.25, 0.3) is 0 Å². The Hall–Kier alpha value is -2.56. The van der Waals surface area contributed by atoms with E-state index in [0.29, 0.717) is 0 Å². The molecule has 0 bridgehead atoms. The van der Waals surface area contributed by atoms with Crippen LogP contribution >= 0.6 is 0 Å². The summed E-state index contributed by atoms with van der Waals surface area (Å²) in [5, 5.41) is 2.57. The molecule has 1 atom stereocenters. The number of Topliss-reactive ketones (excluding diaryl/α,β-unsaturated/α-hetero) is 1. The molecule has 2 aromatic rings. The van der Waals surface area contributed by atoms with E-state index >= 15 is 0 Å². The Morgan fingerprint density at radius 3 is 2.73 bits per heavy atom. The number of ketones is 1. The molecule has 9 nitrogen and oxygen atoms in total.